The maximum absolute atomic E-state index is 13.1. The molecule has 1 rings (SSSR count). The standard InChI is InChI=1S/C21H33F9O9S3/c1-4-7-16(13-37-40(31,32)19(22,23)24)10-17(8-5-2,14-38-41(33,34)20(25,26)27)12-18(11-16,9-6-3)15-39-42(35,36)21(28,29)30/h4-15H2,1-3H3. The van der Waals surface area contributed by atoms with Crippen LogP contribution in [0, 0.1) is 16.2 Å². The molecular weight excluding hydrogens is 663 g/mol. The summed E-state index contributed by atoms with van der Waals surface area (Å²) in [5, 5.41) is 0. The van der Waals surface area contributed by atoms with Crippen molar-refractivity contribution in [2.75, 3.05) is 19.8 Å². The first-order valence-corrected chi connectivity index (χ1v) is 16.8. The molecule has 1 fully saturated rings. The number of halogens is 9. The van der Waals surface area contributed by atoms with Crippen LogP contribution in [-0.2, 0) is 42.9 Å². The molecule has 42 heavy (non-hydrogen) atoms. The number of rotatable bonds is 15. The highest BCUT2D eigenvalue weighted by Gasteiger charge is 2.58. The molecule has 0 N–H and O–H groups in total. The van der Waals surface area contributed by atoms with E-state index >= 15 is 0 Å². The normalized spacial score (nSPS) is 26.9. The van der Waals surface area contributed by atoms with Gasteiger partial charge in [-0.25, -0.2) is 0 Å². The Morgan fingerprint density at radius 3 is 0.810 bits per heavy atom. The van der Waals surface area contributed by atoms with Crippen molar-refractivity contribution in [2.24, 2.45) is 16.2 Å². The van der Waals surface area contributed by atoms with Crippen molar-refractivity contribution in [1.82, 2.24) is 0 Å². The summed E-state index contributed by atoms with van der Waals surface area (Å²) in [6.45, 7) is 0.805. The Kier molecular flexibility index (Phi) is 12.3. The highest BCUT2D eigenvalue weighted by atomic mass is 32.2. The van der Waals surface area contributed by atoms with Gasteiger partial charge in [0.05, 0.1) is 19.8 Å². The predicted molar refractivity (Wildman–Crippen MR) is 129 cm³/mol. The minimum absolute atomic E-state index is 0.100. The SMILES string of the molecule is CCCC1(COS(=O)(=O)C(F)(F)F)CC(CCC)(COS(=O)(=O)C(F)(F)F)CC(CCC)(COS(=O)(=O)C(F)(F)F)C1. The molecule has 0 bridgehead atoms. The second-order valence-corrected chi connectivity index (χ2v) is 15.6. The van der Waals surface area contributed by atoms with Crippen LogP contribution in [0.3, 0.4) is 0 Å². The van der Waals surface area contributed by atoms with Gasteiger partial charge in [0, 0.05) is 0 Å². The second-order valence-electron chi connectivity index (χ2n) is 10.8. The van der Waals surface area contributed by atoms with Crippen LogP contribution in [0.5, 0.6) is 0 Å². The van der Waals surface area contributed by atoms with Crippen molar-refractivity contribution in [1.29, 1.82) is 0 Å². The summed E-state index contributed by atoms with van der Waals surface area (Å²) in [5.41, 5.74) is -22.8. The first-order chi connectivity index (χ1) is 18.7. The average Bonchev–Trinajstić information content (AvgIpc) is 2.79. The van der Waals surface area contributed by atoms with Crippen LogP contribution in [0.1, 0.15) is 78.6 Å². The lowest BCUT2D eigenvalue weighted by Crippen LogP contribution is -2.52. The van der Waals surface area contributed by atoms with Crippen molar-refractivity contribution in [3.63, 3.8) is 0 Å². The summed E-state index contributed by atoms with van der Waals surface area (Å²) >= 11 is 0. The van der Waals surface area contributed by atoms with E-state index < -0.39 is 102 Å². The molecule has 0 amide bonds. The molecular formula is C21H33F9O9S3. The molecule has 21 heteroatoms. The van der Waals surface area contributed by atoms with Crippen LogP contribution >= 0.6 is 0 Å². The molecule has 1 saturated carbocycles. The van der Waals surface area contributed by atoms with E-state index in [1.165, 1.54) is 20.8 Å². The number of alkyl halides is 9. The number of hydrogen-bond donors (Lipinski definition) is 0. The van der Waals surface area contributed by atoms with Gasteiger partial charge >= 0.3 is 46.9 Å². The van der Waals surface area contributed by atoms with E-state index in [1.54, 1.807) is 0 Å². The summed E-state index contributed by atoms with van der Waals surface area (Å²) in [6.07, 6.45) is -1.63. The highest BCUT2D eigenvalue weighted by Crippen LogP contribution is 2.60. The summed E-state index contributed by atoms with van der Waals surface area (Å²) in [7, 11) is -18.6. The Bertz CT molecular complexity index is 1070. The Morgan fingerprint density at radius 1 is 0.476 bits per heavy atom. The topological polar surface area (TPSA) is 130 Å². The van der Waals surface area contributed by atoms with E-state index in [4.69, 9.17) is 0 Å². The fourth-order valence-electron chi connectivity index (χ4n) is 6.03. The van der Waals surface area contributed by atoms with Crippen LogP contribution in [0.25, 0.3) is 0 Å². The lowest BCUT2D eigenvalue weighted by atomic mass is 9.50. The van der Waals surface area contributed by atoms with Gasteiger partial charge in [-0.15, -0.1) is 0 Å². The van der Waals surface area contributed by atoms with Gasteiger partial charge in [-0.1, -0.05) is 40.0 Å². The maximum atomic E-state index is 13.1. The molecule has 0 unspecified atom stereocenters. The van der Waals surface area contributed by atoms with Crippen LogP contribution in [-0.4, -0.2) is 61.6 Å². The molecule has 0 heterocycles. The molecule has 0 aromatic heterocycles. The Balaban J connectivity index is 3.83. The van der Waals surface area contributed by atoms with Crippen LogP contribution in [0.15, 0.2) is 0 Å². The summed E-state index contributed by atoms with van der Waals surface area (Å²) in [6, 6.07) is 0. The summed E-state index contributed by atoms with van der Waals surface area (Å²) in [5.74, 6) is 0. The third-order valence-electron chi connectivity index (χ3n) is 7.00. The van der Waals surface area contributed by atoms with E-state index in [0.717, 1.165) is 0 Å². The fraction of sp³-hybridized carbons (Fsp3) is 1.00. The molecule has 1 aliphatic rings. The first kappa shape index (κ1) is 39.1. The minimum Gasteiger partial charge on any atom is -0.263 e. The monoisotopic (exact) mass is 696 g/mol. The van der Waals surface area contributed by atoms with Crippen molar-refractivity contribution < 1.29 is 77.3 Å². The van der Waals surface area contributed by atoms with E-state index in [2.05, 4.69) is 12.5 Å². The fourth-order valence-corrected chi connectivity index (χ4v) is 7.64. The van der Waals surface area contributed by atoms with Gasteiger partial charge in [-0.05, 0) is 54.8 Å². The third-order valence-corrected chi connectivity index (χ3v) is 9.99. The van der Waals surface area contributed by atoms with Gasteiger partial charge in [0.1, 0.15) is 0 Å². The molecule has 0 aliphatic heterocycles. The van der Waals surface area contributed by atoms with Crippen LogP contribution in [0.2, 0.25) is 0 Å². The Hall–Kier alpha value is -0.900. The van der Waals surface area contributed by atoms with Gasteiger partial charge < -0.3 is 0 Å². The molecule has 0 spiro atoms. The van der Waals surface area contributed by atoms with Gasteiger partial charge in [-0.3, -0.25) is 12.5 Å². The van der Waals surface area contributed by atoms with Crippen molar-refractivity contribution in [2.45, 2.75) is 95.1 Å². The van der Waals surface area contributed by atoms with Crippen LogP contribution < -0.4 is 0 Å². The third kappa shape index (κ3) is 9.55. The molecule has 252 valence electrons. The average molecular weight is 697 g/mol. The summed E-state index contributed by atoms with van der Waals surface area (Å²) in [4.78, 5) is 0. The van der Waals surface area contributed by atoms with Gasteiger partial charge in [0.25, 0.3) is 0 Å². The van der Waals surface area contributed by atoms with E-state index in [-0.39, 0.29) is 38.5 Å². The molecule has 0 aromatic carbocycles. The maximum Gasteiger partial charge on any atom is 0.523 e. The van der Waals surface area contributed by atoms with E-state index in [0.29, 0.717) is 0 Å². The van der Waals surface area contributed by atoms with E-state index in [9.17, 15) is 64.8 Å². The predicted octanol–water partition coefficient (Wildman–Crippen LogP) is 6.13. The minimum atomic E-state index is -6.21. The zero-order valence-electron chi connectivity index (χ0n) is 22.8. The lowest BCUT2D eigenvalue weighted by molar-refractivity contribution is -0.112. The van der Waals surface area contributed by atoms with Crippen LogP contribution in [0.4, 0.5) is 39.5 Å². The summed E-state index contributed by atoms with van der Waals surface area (Å²) < 4.78 is 201. The second kappa shape index (κ2) is 13.2. The molecule has 0 atom stereocenters. The quantitative estimate of drug-likeness (QED) is 0.113. The smallest absolute Gasteiger partial charge is 0.263 e. The zero-order valence-corrected chi connectivity index (χ0v) is 25.2. The lowest BCUT2D eigenvalue weighted by Gasteiger charge is -2.56. The van der Waals surface area contributed by atoms with E-state index in [1.807, 2.05) is 0 Å². The molecule has 9 nitrogen and oxygen atoms in total. The Labute approximate surface area is 238 Å². The van der Waals surface area contributed by atoms with Gasteiger partial charge in [0.2, 0.25) is 0 Å². The van der Waals surface area contributed by atoms with Gasteiger partial charge in [-0.2, -0.15) is 64.8 Å². The van der Waals surface area contributed by atoms with Crippen molar-refractivity contribution in [3.05, 3.63) is 0 Å². The van der Waals surface area contributed by atoms with Gasteiger partial charge in [0.15, 0.2) is 0 Å². The van der Waals surface area contributed by atoms with Crippen molar-refractivity contribution >= 4 is 30.4 Å². The first-order valence-electron chi connectivity index (χ1n) is 12.5. The largest absolute Gasteiger partial charge is 0.523 e. The molecule has 0 aromatic rings. The molecule has 0 radical (unpaired) electrons. The highest BCUT2D eigenvalue weighted by molar-refractivity contribution is 7.88. The number of hydrogen-bond acceptors (Lipinski definition) is 9. The molecule has 0 saturated heterocycles. The molecule has 1 aliphatic carbocycles. The Morgan fingerprint density at radius 2 is 0.667 bits per heavy atom. The zero-order chi connectivity index (χ0) is 33.1. The van der Waals surface area contributed by atoms with Crippen molar-refractivity contribution in [3.8, 4) is 0 Å².